The van der Waals surface area contributed by atoms with E-state index in [4.69, 9.17) is 4.74 Å². The van der Waals surface area contributed by atoms with Crippen LogP contribution in [0.5, 0.6) is 0 Å². The summed E-state index contributed by atoms with van der Waals surface area (Å²) in [7, 11) is 1.77. The molecule has 128 valence electrons. The summed E-state index contributed by atoms with van der Waals surface area (Å²) in [6.07, 6.45) is 4.09. The molecule has 0 amide bonds. The molecule has 1 aromatic rings. The van der Waals surface area contributed by atoms with Crippen LogP contribution >= 0.6 is 35.3 Å². The van der Waals surface area contributed by atoms with Crippen molar-refractivity contribution in [1.29, 1.82) is 0 Å². The Kier molecular flexibility index (Phi) is 12.8. The van der Waals surface area contributed by atoms with Gasteiger partial charge in [-0.05, 0) is 18.8 Å². The third kappa shape index (κ3) is 9.58. The third-order valence-corrected chi connectivity index (χ3v) is 4.10. The molecule has 1 heterocycles. The SMILES string of the molecule is CCc1cnc(CNC(=NC)NCCOCCC(C)C)s1.I. The van der Waals surface area contributed by atoms with Crippen molar-refractivity contribution in [2.45, 2.75) is 40.2 Å². The minimum atomic E-state index is 0. The van der Waals surface area contributed by atoms with Crippen molar-refractivity contribution in [1.82, 2.24) is 15.6 Å². The van der Waals surface area contributed by atoms with Crippen molar-refractivity contribution < 1.29 is 4.74 Å². The van der Waals surface area contributed by atoms with Gasteiger partial charge in [0.2, 0.25) is 0 Å². The number of nitrogens with one attached hydrogen (secondary N) is 2. The van der Waals surface area contributed by atoms with Crippen LogP contribution in [-0.4, -0.2) is 37.7 Å². The molecule has 0 radical (unpaired) electrons. The summed E-state index contributed by atoms with van der Waals surface area (Å²) in [6.45, 7) is 9.54. The fourth-order valence-electron chi connectivity index (χ4n) is 1.64. The molecule has 0 aliphatic rings. The standard InChI is InChI=1S/C15H28N4OS.HI/c1-5-13-10-18-14(21-13)11-19-15(16-4)17-7-9-20-8-6-12(2)3;/h10,12H,5-9,11H2,1-4H3,(H2,16,17,19);1H. The summed E-state index contributed by atoms with van der Waals surface area (Å²) in [5.41, 5.74) is 0. The van der Waals surface area contributed by atoms with Crippen molar-refractivity contribution in [3.8, 4) is 0 Å². The molecule has 1 rings (SSSR count). The lowest BCUT2D eigenvalue weighted by molar-refractivity contribution is 0.128. The van der Waals surface area contributed by atoms with Crippen LogP contribution in [0.1, 0.15) is 37.1 Å². The number of rotatable bonds is 9. The average molecular weight is 440 g/mol. The Labute approximate surface area is 155 Å². The molecule has 0 unspecified atom stereocenters. The van der Waals surface area contributed by atoms with Gasteiger partial charge in [0.25, 0.3) is 0 Å². The Morgan fingerprint density at radius 3 is 2.73 bits per heavy atom. The quantitative estimate of drug-likeness (QED) is 0.268. The number of guanidine groups is 1. The van der Waals surface area contributed by atoms with Gasteiger partial charge >= 0.3 is 0 Å². The van der Waals surface area contributed by atoms with E-state index in [-0.39, 0.29) is 24.0 Å². The van der Waals surface area contributed by atoms with E-state index in [1.165, 1.54) is 4.88 Å². The number of aryl methyl sites for hydroxylation is 1. The number of ether oxygens (including phenoxy) is 1. The predicted octanol–water partition coefficient (Wildman–Crippen LogP) is 3.05. The fourth-order valence-corrected chi connectivity index (χ4v) is 2.44. The molecule has 22 heavy (non-hydrogen) atoms. The number of aromatic nitrogens is 1. The highest BCUT2D eigenvalue weighted by molar-refractivity contribution is 14.0. The zero-order chi connectivity index (χ0) is 15.5. The maximum absolute atomic E-state index is 5.56. The van der Waals surface area contributed by atoms with E-state index in [1.807, 2.05) is 6.20 Å². The normalized spacial score (nSPS) is 11.4. The lowest BCUT2D eigenvalue weighted by atomic mass is 10.1. The van der Waals surface area contributed by atoms with Crippen LogP contribution in [0.15, 0.2) is 11.2 Å². The number of thiazole rings is 1. The van der Waals surface area contributed by atoms with E-state index in [0.29, 0.717) is 19.1 Å². The second-order valence-corrected chi connectivity index (χ2v) is 6.42. The molecule has 0 fully saturated rings. The van der Waals surface area contributed by atoms with Crippen LogP contribution in [0.2, 0.25) is 0 Å². The molecular weight excluding hydrogens is 411 g/mol. The van der Waals surface area contributed by atoms with Crippen LogP contribution < -0.4 is 10.6 Å². The Hall–Kier alpha value is -0.410. The molecular formula is C15H29IN4OS. The Bertz CT molecular complexity index is 423. The van der Waals surface area contributed by atoms with Gasteiger partial charge in [-0.2, -0.15) is 0 Å². The Balaban J connectivity index is 0.00000441. The molecule has 0 aliphatic carbocycles. The van der Waals surface area contributed by atoms with E-state index in [9.17, 15) is 0 Å². The van der Waals surface area contributed by atoms with Crippen LogP contribution in [0.4, 0.5) is 0 Å². The molecule has 0 saturated carbocycles. The van der Waals surface area contributed by atoms with Crippen molar-refractivity contribution in [2.75, 3.05) is 26.8 Å². The maximum Gasteiger partial charge on any atom is 0.191 e. The first-order valence-electron chi connectivity index (χ1n) is 7.61. The Morgan fingerprint density at radius 2 is 2.14 bits per heavy atom. The molecule has 0 atom stereocenters. The highest BCUT2D eigenvalue weighted by Crippen LogP contribution is 2.12. The van der Waals surface area contributed by atoms with Crippen molar-refractivity contribution in [2.24, 2.45) is 10.9 Å². The van der Waals surface area contributed by atoms with Crippen molar-refractivity contribution in [3.05, 3.63) is 16.1 Å². The van der Waals surface area contributed by atoms with Crippen LogP contribution in [0, 0.1) is 5.92 Å². The van der Waals surface area contributed by atoms with E-state index in [2.05, 4.69) is 41.4 Å². The van der Waals surface area contributed by atoms with Gasteiger partial charge in [0.05, 0.1) is 13.2 Å². The molecule has 2 N–H and O–H groups in total. The monoisotopic (exact) mass is 440 g/mol. The molecule has 1 aromatic heterocycles. The fraction of sp³-hybridized carbons (Fsp3) is 0.733. The topological polar surface area (TPSA) is 58.5 Å². The van der Waals surface area contributed by atoms with Crippen molar-refractivity contribution >= 4 is 41.3 Å². The minimum Gasteiger partial charge on any atom is -0.380 e. The van der Waals surface area contributed by atoms with E-state index >= 15 is 0 Å². The van der Waals surface area contributed by atoms with Gasteiger partial charge in [-0.1, -0.05) is 20.8 Å². The van der Waals surface area contributed by atoms with Gasteiger partial charge in [0, 0.05) is 31.3 Å². The highest BCUT2D eigenvalue weighted by Gasteiger charge is 2.02. The summed E-state index contributed by atoms with van der Waals surface area (Å²) in [5.74, 6) is 1.48. The number of aliphatic imine (C=N–C) groups is 1. The van der Waals surface area contributed by atoms with E-state index < -0.39 is 0 Å². The summed E-state index contributed by atoms with van der Waals surface area (Å²) in [6, 6.07) is 0. The summed E-state index contributed by atoms with van der Waals surface area (Å²) in [4.78, 5) is 9.88. The van der Waals surface area contributed by atoms with Gasteiger partial charge < -0.3 is 15.4 Å². The van der Waals surface area contributed by atoms with Crippen molar-refractivity contribution in [3.63, 3.8) is 0 Å². The number of hydrogen-bond donors (Lipinski definition) is 2. The lowest BCUT2D eigenvalue weighted by Gasteiger charge is -2.11. The van der Waals surface area contributed by atoms with Gasteiger partial charge in [0.15, 0.2) is 5.96 Å². The number of nitrogens with zero attached hydrogens (tertiary/aromatic N) is 2. The van der Waals surface area contributed by atoms with Gasteiger partial charge in [0.1, 0.15) is 5.01 Å². The molecule has 7 heteroatoms. The maximum atomic E-state index is 5.56. The zero-order valence-electron chi connectivity index (χ0n) is 14.0. The second-order valence-electron chi connectivity index (χ2n) is 5.22. The molecule has 0 bridgehead atoms. The van der Waals surface area contributed by atoms with Gasteiger partial charge in [-0.15, -0.1) is 35.3 Å². The number of hydrogen-bond acceptors (Lipinski definition) is 4. The van der Waals surface area contributed by atoms with Gasteiger partial charge in [-0.3, -0.25) is 4.99 Å². The second kappa shape index (κ2) is 13.1. The third-order valence-electron chi connectivity index (χ3n) is 2.96. The lowest BCUT2D eigenvalue weighted by Crippen LogP contribution is -2.38. The summed E-state index contributed by atoms with van der Waals surface area (Å²) < 4.78 is 5.56. The average Bonchev–Trinajstić information content (AvgIpc) is 2.93. The molecule has 0 aliphatic heterocycles. The number of halogens is 1. The van der Waals surface area contributed by atoms with Crippen LogP contribution in [-0.2, 0) is 17.7 Å². The summed E-state index contributed by atoms with van der Waals surface area (Å²) >= 11 is 1.74. The zero-order valence-corrected chi connectivity index (χ0v) is 17.2. The van der Waals surface area contributed by atoms with Gasteiger partial charge in [-0.25, -0.2) is 4.98 Å². The molecule has 0 saturated heterocycles. The predicted molar refractivity (Wildman–Crippen MR) is 105 cm³/mol. The van der Waals surface area contributed by atoms with E-state index in [1.54, 1.807) is 18.4 Å². The first-order chi connectivity index (χ1) is 10.2. The van der Waals surface area contributed by atoms with Crippen LogP contribution in [0.25, 0.3) is 0 Å². The minimum absolute atomic E-state index is 0. The smallest absolute Gasteiger partial charge is 0.191 e. The highest BCUT2D eigenvalue weighted by atomic mass is 127. The largest absolute Gasteiger partial charge is 0.380 e. The van der Waals surface area contributed by atoms with Crippen LogP contribution in [0.3, 0.4) is 0 Å². The first-order valence-corrected chi connectivity index (χ1v) is 8.43. The Morgan fingerprint density at radius 1 is 1.36 bits per heavy atom. The van der Waals surface area contributed by atoms with E-state index in [0.717, 1.165) is 37.0 Å². The molecule has 0 spiro atoms. The molecule has 0 aromatic carbocycles. The first kappa shape index (κ1) is 21.6. The summed E-state index contributed by atoms with van der Waals surface area (Å²) in [5, 5.41) is 7.59. The molecule has 5 nitrogen and oxygen atoms in total.